The van der Waals surface area contributed by atoms with Crippen LogP contribution >= 0.6 is 0 Å². The van der Waals surface area contributed by atoms with Crippen LogP contribution in [0.2, 0.25) is 0 Å². The van der Waals surface area contributed by atoms with Crippen LogP contribution in [0.25, 0.3) is 0 Å². The summed E-state index contributed by atoms with van der Waals surface area (Å²) in [6, 6.07) is 0. The average molecular weight is 160 g/mol. The first-order valence-corrected chi connectivity index (χ1v) is 5.12. The molecule has 2 bridgehead atoms. The maximum atomic E-state index is 2.54. The van der Waals surface area contributed by atoms with E-state index in [2.05, 4.69) is 26.0 Å². The lowest BCUT2D eigenvalue weighted by molar-refractivity contribution is 0.376. The molecule has 1 fully saturated rings. The molecule has 0 amide bonds. The molecular weight excluding hydrogens is 144 g/mol. The second kappa shape index (κ2) is 2.04. The van der Waals surface area contributed by atoms with Crippen LogP contribution in [0.5, 0.6) is 0 Å². The molecule has 0 unspecified atom stereocenters. The van der Waals surface area contributed by atoms with E-state index in [0.29, 0.717) is 0 Å². The van der Waals surface area contributed by atoms with Gasteiger partial charge in [-0.15, -0.1) is 0 Å². The van der Waals surface area contributed by atoms with Crippen molar-refractivity contribution in [1.29, 1.82) is 0 Å². The summed E-state index contributed by atoms with van der Waals surface area (Å²) >= 11 is 0. The molecule has 0 heteroatoms. The van der Waals surface area contributed by atoms with Crippen molar-refractivity contribution in [3.63, 3.8) is 0 Å². The monoisotopic (exact) mass is 160 g/mol. The molecule has 0 nitrogen and oxygen atoms in total. The van der Waals surface area contributed by atoms with Gasteiger partial charge >= 0.3 is 0 Å². The number of fused-ring (bicyclic) bond motifs is 5. The Morgan fingerprint density at radius 3 is 2.92 bits per heavy atom. The van der Waals surface area contributed by atoms with Crippen molar-refractivity contribution in [3.05, 3.63) is 23.3 Å². The molecule has 0 aromatic rings. The summed E-state index contributed by atoms with van der Waals surface area (Å²) in [5, 5.41) is 0. The maximum Gasteiger partial charge on any atom is -0.0103 e. The summed E-state index contributed by atoms with van der Waals surface area (Å²) in [5.41, 5.74) is 3.36. The highest BCUT2D eigenvalue weighted by Gasteiger charge is 2.48. The second-order valence-electron chi connectivity index (χ2n) is 4.79. The zero-order chi connectivity index (χ0) is 8.29. The van der Waals surface area contributed by atoms with Crippen molar-refractivity contribution in [2.75, 3.05) is 0 Å². The number of hydrogen-bond donors (Lipinski definition) is 0. The van der Waals surface area contributed by atoms with Crippen molar-refractivity contribution in [2.24, 2.45) is 23.7 Å². The molecule has 3 rings (SSSR count). The molecule has 0 heterocycles. The highest BCUT2D eigenvalue weighted by atomic mass is 14.5. The van der Waals surface area contributed by atoms with Crippen molar-refractivity contribution < 1.29 is 0 Å². The summed E-state index contributed by atoms with van der Waals surface area (Å²) < 4.78 is 0. The quantitative estimate of drug-likeness (QED) is 0.477. The van der Waals surface area contributed by atoms with Gasteiger partial charge in [-0.05, 0) is 50.4 Å². The standard InChI is InChI=1S/C12H16/c1-7-3-4-10-9-5-8(2)11(6-9)12(7)10/h3,5,9-12H,4,6H2,1-2H3/t9-,10+,11+,12-/m0/s1. The molecule has 3 aliphatic rings. The van der Waals surface area contributed by atoms with Gasteiger partial charge in [-0.1, -0.05) is 23.3 Å². The van der Waals surface area contributed by atoms with Gasteiger partial charge in [-0.3, -0.25) is 0 Å². The summed E-state index contributed by atoms with van der Waals surface area (Å²) in [6.45, 7) is 4.66. The van der Waals surface area contributed by atoms with Gasteiger partial charge in [0.25, 0.3) is 0 Å². The minimum Gasteiger partial charge on any atom is -0.0850 e. The number of allylic oxidation sites excluding steroid dienone is 4. The van der Waals surface area contributed by atoms with Gasteiger partial charge in [0.2, 0.25) is 0 Å². The fourth-order valence-electron chi connectivity index (χ4n) is 3.74. The smallest absolute Gasteiger partial charge is 0.0103 e. The van der Waals surface area contributed by atoms with E-state index in [-0.39, 0.29) is 0 Å². The topological polar surface area (TPSA) is 0 Å². The van der Waals surface area contributed by atoms with Gasteiger partial charge < -0.3 is 0 Å². The lowest BCUT2D eigenvalue weighted by Crippen LogP contribution is -2.17. The van der Waals surface area contributed by atoms with Crippen LogP contribution in [-0.2, 0) is 0 Å². The van der Waals surface area contributed by atoms with Crippen molar-refractivity contribution in [1.82, 2.24) is 0 Å². The molecule has 0 aliphatic heterocycles. The van der Waals surface area contributed by atoms with Crippen LogP contribution in [0.15, 0.2) is 23.3 Å². The Kier molecular flexibility index (Phi) is 1.18. The fraction of sp³-hybridized carbons (Fsp3) is 0.667. The van der Waals surface area contributed by atoms with Gasteiger partial charge in [0, 0.05) is 0 Å². The molecule has 0 radical (unpaired) electrons. The van der Waals surface area contributed by atoms with E-state index in [1.165, 1.54) is 12.8 Å². The predicted molar refractivity (Wildman–Crippen MR) is 50.7 cm³/mol. The highest BCUT2D eigenvalue weighted by molar-refractivity contribution is 5.31. The third kappa shape index (κ3) is 0.646. The Balaban J connectivity index is 2.03. The molecule has 0 spiro atoms. The van der Waals surface area contributed by atoms with Crippen LogP contribution in [0.3, 0.4) is 0 Å². The van der Waals surface area contributed by atoms with Crippen LogP contribution in [-0.4, -0.2) is 0 Å². The first-order chi connectivity index (χ1) is 5.77. The SMILES string of the molecule is CC1=CC[C@H]2[C@H]1[C@@H]1C[C@@H]2C=C1C. The van der Waals surface area contributed by atoms with Gasteiger partial charge in [0.1, 0.15) is 0 Å². The first-order valence-electron chi connectivity index (χ1n) is 5.12. The van der Waals surface area contributed by atoms with E-state index in [1.54, 1.807) is 11.1 Å². The van der Waals surface area contributed by atoms with Gasteiger partial charge in [0.15, 0.2) is 0 Å². The van der Waals surface area contributed by atoms with Gasteiger partial charge in [-0.2, -0.15) is 0 Å². The summed E-state index contributed by atoms with van der Waals surface area (Å²) in [4.78, 5) is 0. The Morgan fingerprint density at radius 2 is 2.08 bits per heavy atom. The van der Waals surface area contributed by atoms with Crippen LogP contribution in [0.1, 0.15) is 26.7 Å². The van der Waals surface area contributed by atoms with Crippen LogP contribution in [0, 0.1) is 23.7 Å². The van der Waals surface area contributed by atoms with E-state index in [9.17, 15) is 0 Å². The lowest BCUT2D eigenvalue weighted by Gasteiger charge is -2.25. The maximum absolute atomic E-state index is 2.54. The molecular formula is C12H16. The molecule has 64 valence electrons. The Bertz CT molecular complexity index is 282. The van der Waals surface area contributed by atoms with Gasteiger partial charge in [-0.25, -0.2) is 0 Å². The minimum atomic E-state index is 0.929. The number of hydrogen-bond acceptors (Lipinski definition) is 0. The Labute approximate surface area is 74.4 Å². The average Bonchev–Trinajstić information content (AvgIpc) is 2.62. The lowest BCUT2D eigenvalue weighted by atomic mass is 9.79. The normalized spacial score (nSPS) is 49.2. The molecule has 1 saturated carbocycles. The van der Waals surface area contributed by atoms with Crippen LogP contribution < -0.4 is 0 Å². The first kappa shape index (κ1) is 6.94. The molecule has 3 aliphatic carbocycles. The Hall–Kier alpha value is -0.520. The summed E-state index contributed by atoms with van der Waals surface area (Å²) in [7, 11) is 0. The van der Waals surface area contributed by atoms with E-state index in [1.807, 2.05) is 0 Å². The Morgan fingerprint density at radius 1 is 1.25 bits per heavy atom. The molecule has 4 atom stereocenters. The van der Waals surface area contributed by atoms with E-state index >= 15 is 0 Å². The van der Waals surface area contributed by atoms with Crippen molar-refractivity contribution in [2.45, 2.75) is 26.7 Å². The van der Waals surface area contributed by atoms with Gasteiger partial charge in [0.05, 0.1) is 0 Å². The van der Waals surface area contributed by atoms with Crippen LogP contribution in [0.4, 0.5) is 0 Å². The van der Waals surface area contributed by atoms with Crippen molar-refractivity contribution >= 4 is 0 Å². The fourth-order valence-corrected chi connectivity index (χ4v) is 3.74. The van der Waals surface area contributed by atoms with Crippen molar-refractivity contribution in [3.8, 4) is 0 Å². The third-order valence-corrected chi connectivity index (χ3v) is 4.27. The summed E-state index contributed by atoms with van der Waals surface area (Å²) in [5.74, 6) is 3.81. The van der Waals surface area contributed by atoms with E-state index in [0.717, 1.165) is 23.7 Å². The largest absolute Gasteiger partial charge is 0.0850 e. The zero-order valence-corrected chi connectivity index (χ0v) is 7.88. The molecule has 0 N–H and O–H groups in total. The molecule has 0 aromatic carbocycles. The number of rotatable bonds is 0. The molecule has 12 heavy (non-hydrogen) atoms. The second-order valence-corrected chi connectivity index (χ2v) is 4.79. The zero-order valence-electron chi connectivity index (χ0n) is 7.88. The summed E-state index contributed by atoms with van der Waals surface area (Å²) in [6.07, 6.45) is 7.84. The molecule has 0 aromatic heterocycles. The third-order valence-electron chi connectivity index (χ3n) is 4.27. The highest BCUT2D eigenvalue weighted by Crippen LogP contribution is 2.57. The molecule has 0 saturated heterocycles. The van der Waals surface area contributed by atoms with E-state index in [4.69, 9.17) is 0 Å². The minimum absolute atomic E-state index is 0.929. The van der Waals surface area contributed by atoms with E-state index < -0.39 is 0 Å². The predicted octanol–water partition coefficient (Wildman–Crippen LogP) is 3.16.